The largest absolute Gasteiger partial charge is 0.508 e. The van der Waals surface area contributed by atoms with Crippen LogP contribution in [0.1, 0.15) is 44.7 Å². The van der Waals surface area contributed by atoms with E-state index in [0.29, 0.717) is 5.56 Å². The van der Waals surface area contributed by atoms with Gasteiger partial charge >= 0.3 is 0 Å². The van der Waals surface area contributed by atoms with Crippen LogP contribution in [0.3, 0.4) is 0 Å². The zero-order chi connectivity index (χ0) is 27.8. The monoisotopic (exact) mass is 512 g/mol. The Morgan fingerprint density at radius 2 is 1.70 bits per heavy atom. The third-order valence-electron chi connectivity index (χ3n) is 7.78. The van der Waals surface area contributed by atoms with Gasteiger partial charge in [0.2, 0.25) is 5.78 Å². The van der Waals surface area contributed by atoms with E-state index in [1.807, 2.05) is 39.8 Å². The number of benzene rings is 1. The molecule has 0 aliphatic heterocycles. The number of carbonyl (C=O) groups excluding carboxylic acids is 3. The second-order valence-electron chi connectivity index (χ2n) is 12.1. The number of fused-ring (bicyclic) bond motifs is 3. The highest BCUT2D eigenvalue weighted by Gasteiger charge is 2.64. The van der Waals surface area contributed by atoms with Crippen molar-refractivity contribution in [2.24, 2.45) is 17.3 Å². The van der Waals surface area contributed by atoms with E-state index in [0.717, 1.165) is 5.69 Å². The normalized spacial score (nSPS) is 27.8. The summed E-state index contributed by atoms with van der Waals surface area (Å²) in [5.74, 6) is -5.46. The fourth-order valence-electron chi connectivity index (χ4n) is 6.25. The molecule has 200 valence electrons. The highest BCUT2D eigenvalue weighted by Crippen LogP contribution is 2.53. The molecule has 1 aromatic carbocycles. The first-order valence-corrected chi connectivity index (χ1v) is 12.4. The highest BCUT2D eigenvalue weighted by atomic mass is 16.3. The number of carbonyl (C=O) groups is 3. The molecule has 9 heteroatoms. The van der Waals surface area contributed by atoms with Crippen LogP contribution in [0.4, 0.5) is 5.69 Å². The lowest BCUT2D eigenvalue weighted by Gasteiger charge is -2.50. The van der Waals surface area contributed by atoms with E-state index in [1.165, 1.54) is 6.07 Å². The predicted molar refractivity (Wildman–Crippen MR) is 138 cm³/mol. The Bertz CT molecular complexity index is 1270. The van der Waals surface area contributed by atoms with Gasteiger partial charge in [-0.3, -0.25) is 19.3 Å². The standard InChI is InChI=1S/C28H36N2O7/c1-27(2,3)12-18(32)21-24(34)22(30(6)7)15-11-13-10-14-16(29(4)5)8-9-17(31)20(14)23(33)19(13)25(35)28(15,37)26(21)36/h8-9,13,15,22,31,33,36-37H,10-12H2,1-7H3/t13-,15-,22-,28-/m0/s1. The van der Waals surface area contributed by atoms with Crippen LogP contribution in [0, 0.1) is 17.3 Å². The molecule has 0 aromatic heterocycles. The SMILES string of the molecule is CN(C)c1ccc(O)c2c1C[C@H]1C[C@H]3[C@H](N(C)C)C(=O)C(C(=O)CC(C)(C)C)=C(O)[C@@]3(O)C(=O)C1=C2O. The van der Waals surface area contributed by atoms with Crippen LogP contribution in [-0.4, -0.2) is 82.5 Å². The third kappa shape index (κ3) is 3.95. The minimum absolute atomic E-state index is 0.0711. The topological polar surface area (TPSA) is 139 Å². The number of nitrogens with zero attached hydrogens (tertiary/aromatic N) is 2. The predicted octanol–water partition coefficient (Wildman–Crippen LogP) is 2.55. The van der Waals surface area contributed by atoms with Crippen LogP contribution in [0.25, 0.3) is 5.76 Å². The smallest absolute Gasteiger partial charge is 0.202 e. The highest BCUT2D eigenvalue weighted by molar-refractivity contribution is 6.25. The van der Waals surface area contributed by atoms with E-state index in [2.05, 4.69) is 0 Å². The Labute approximate surface area is 216 Å². The maximum atomic E-state index is 14.0. The molecule has 1 aromatic rings. The average molecular weight is 513 g/mol. The molecular weight excluding hydrogens is 476 g/mol. The van der Waals surface area contributed by atoms with Crippen LogP contribution < -0.4 is 4.90 Å². The Kier molecular flexibility index (Phi) is 6.32. The summed E-state index contributed by atoms with van der Waals surface area (Å²) >= 11 is 0. The molecule has 37 heavy (non-hydrogen) atoms. The number of rotatable bonds is 4. The zero-order valence-electron chi connectivity index (χ0n) is 22.4. The van der Waals surface area contributed by atoms with Gasteiger partial charge in [-0.2, -0.15) is 0 Å². The van der Waals surface area contributed by atoms with Gasteiger partial charge < -0.3 is 25.3 Å². The van der Waals surface area contributed by atoms with E-state index in [9.17, 15) is 34.8 Å². The van der Waals surface area contributed by atoms with Crippen molar-refractivity contribution in [1.29, 1.82) is 0 Å². The lowest BCUT2D eigenvalue weighted by atomic mass is 9.57. The van der Waals surface area contributed by atoms with Gasteiger partial charge in [0.1, 0.15) is 22.8 Å². The molecule has 4 N–H and O–H groups in total. The van der Waals surface area contributed by atoms with Gasteiger partial charge in [-0.05, 0) is 56.0 Å². The van der Waals surface area contributed by atoms with Crippen molar-refractivity contribution in [2.45, 2.75) is 51.7 Å². The van der Waals surface area contributed by atoms with Crippen molar-refractivity contribution in [2.75, 3.05) is 33.1 Å². The van der Waals surface area contributed by atoms with Crippen molar-refractivity contribution in [3.63, 3.8) is 0 Å². The molecule has 0 saturated heterocycles. The average Bonchev–Trinajstić information content (AvgIpc) is 2.74. The molecule has 0 amide bonds. The number of anilines is 1. The number of phenols is 1. The number of hydrogen-bond donors (Lipinski definition) is 4. The number of aliphatic hydroxyl groups excluding tert-OH is 2. The van der Waals surface area contributed by atoms with E-state index in [1.54, 1.807) is 25.1 Å². The second-order valence-corrected chi connectivity index (χ2v) is 12.1. The summed E-state index contributed by atoms with van der Waals surface area (Å²) in [4.78, 5) is 44.2. The maximum absolute atomic E-state index is 14.0. The van der Waals surface area contributed by atoms with Crippen molar-refractivity contribution in [3.05, 3.63) is 40.2 Å². The molecule has 0 heterocycles. The number of aliphatic hydroxyl groups is 3. The fraction of sp³-hybridized carbons (Fsp3) is 0.536. The molecule has 3 aliphatic carbocycles. The van der Waals surface area contributed by atoms with Gasteiger partial charge in [0.25, 0.3) is 0 Å². The zero-order valence-corrected chi connectivity index (χ0v) is 22.4. The summed E-state index contributed by atoms with van der Waals surface area (Å²) in [7, 11) is 6.91. The molecular formula is C28H36N2O7. The van der Waals surface area contributed by atoms with Crippen LogP contribution in [0.2, 0.25) is 0 Å². The third-order valence-corrected chi connectivity index (χ3v) is 7.78. The van der Waals surface area contributed by atoms with Gasteiger partial charge in [0.05, 0.1) is 11.6 Å². The molecule has 1 saturated carbocycles. The van der Waals surface area contributed by atoms with Gasteiger partial charge in [0, 0.05) is 37.7 Å². The van der Waals surface area contributed by atoms with Gasteiger partial charge in [-0.1, -0.05) is 20.8 Å². The molecule has 4 atom stereocenters. The molecule has 0 radical (unpaired) electrons. The number of hydrogen-bond acceptors (Lipinski definition) is 9. The molecule has 9 nitrogen and oxygen atoms in total. The Morgan fingerprint density at radius 3 is 2.24 bits per heavy atom. The van der Waals surface area contributed by atoms with Crippen LogP contribution >= 0.6 is 0 Å². The number of Topliss-reactive ketones (excluding diaryl/α,β-unsaturated/α-hetero) is 3. The number of aromatic hydroxyl groups is 1. The van der Waals surface area contributed by atoms with Crippen molar-refractivity contribution in [1.82, 2.24) is 4.90 Å². The lowest BCUT2D eigenvalue weighted by molar-refractivity contribution is -0.153. The van der Waals surface area contributed by atoms with Crippen molar-refractivity contribution in [3.8, 4) is 5.75 Å². The maximum Gasteiger partial charge on any atom is 0.202 e. The number of phenolic OH excluding ortho intramolecular Hbond substituents is 1. The molecule has 0 spiro atoms. The summed E-state index contributed by atoms with van der Waals surface area (Å²) < 4.78 is 0. The van der Waals surface area contributed by atoms with Crippen LogP contribution in [0.15, 0.2) is 29.0 Å². The summed E-state index contributed by atoms with van der Waals surface area (Å²) in [6.07, 6.45) is 0.310. The molecule has 3 aliphatic rings. The van der Waals surface area contributed by atoms with Crippen molar-refractivity contribution >= 4 is 28.8 Å². The van der Waals surface area contributed by atoms with E-state index >= 15 is 0 Å². The Hall–Kier alpha value is -3.17. The second kappa shape index (κ2) is 8.70. The Morgan fingerprint density at radius 1 is 1.08 bits per heavy atom. The summed E-state index contributed by atoms with van der Waals surface area (Å²) in [5, 5.41) is 45.0. The summed E-state index contributed by atoms with van der Waals surface area (Å²) in [5.41, 5.74) is -2.23. The first kappa shape index (κ1) is 26.9. The minimum Gasteiger partial charge on any atom is -0.508 e. The minimum atomic E-state index is -2.57. The van der Waals surface area contributed by atoms with E-state index in [4.69, 9.17) is 0 Å². The Balaban J connectivity index is 1.96. The van der Waals surface area contributed by atoms with Crippen molar-refractivity contribution < 1.29 is 34.8 Å². The van der Waals surface area contributed by atoms with Gasteiger partial charge in [-0.25, -0.2) is 0 Å². The number of likely N-dealkylation sites (N-methyl/N-ethyl adjacent to an activating group) is 1. The summed E-state index contributed by atoms with van der Waals surface area (Å²) in [6.45, 7) is 5.43. The van der Waals surface area contributed by atoms with Crippen LogP contribution in [-0.2, 0) is 20.8 Å². The van der Waals surface area contributed by atoms with E-state index < -0.39 is 63.3 Å². The van der Waals surface area contributed by atoms with Gasteiger partial charge in [-0.15, -0.1) is 0 Å². The number of ketones is 3. The first-order valence-electron chi connectivity index (χ1n) is 12.4. The summed E-state index contributed by atoms with van der Waals surface area (Å²) in [6, 6.07) is 2.12. The quantitative estimate of drug-likeness (QED) is 0.448. The van der Waals surface area contributed by atoms with Crippen LogP contribution in [0.5, 0.6) is 5.75 Å². The first-order chi connectivity index (χ1) is 17.0. The fourth-order valence-corrected chi connectivity index (χ4v) is 6.25. The lowest BCUT2D eigenvalue weighted by Crippen LogP contribution is -2.65. The molecule has 0 bridgehead atoms. The molecule has 4 rings (SSSR count). The van der Waals surface area contributed by atoms with E-state index in [-0.39, 0.29) is 36.1 Å². The van der Waals surface area contributed by atoms with Gasteiger partial charge in [0.15, 0.2) is 17.2 Å². The molecule has 0 unspecified atom stereocenters. The molecule has 1 fully saturated rings.